The minimum absolute atomic E-state index is 0.265. The van der Waals surface area contributed by atoms with Gasteiger partial charge in [-0.15, -0.1) is 15.3 Å². The first-order chi connectivity index (χ1) is 9.13. The van der Waals surface area contributed by atoms with Crippen molar-refractivity contribution in [2.75, 3.05) is 5.73 Å². The van der Waals surface area contributed by atoms with Gasteiger partial charge in [-0.25, -0.2) is 0 Å². The lowest BCUT2D eigenvalue weighted by molar-refractivity contribution is 0.811. The maximum absolute atomic E-state index is 12.2. The topological polar surface area (TPSA) is 86.2 Å². The van der Waals surface area contributed by atoms with Crippen molar-refractivity contribution in [2.45, 2.75) is 13.3 Å². The van der Waals surface area contributed by atoms with Crippen LogP contribution in [0.15, 0.2) is 29.1 Å². The molecule has 7 heteroatoms. The fourth-order valence-electron chi connectivity index (χ4n) is 1.77. The SMILES string of the molecule is Cc1ccc(Cc2nnc3sc(N)nn3c2=O)cc1. The molecule has 0 atom stereocenters. The van der Waals surface area contributed by atoms with Crippen LogP contribution in [0.4, 0.5) is 5.13 Å². The lowest BCUT2D eigenvalue weighted by Crippen LogP contribution is -2.22. The third-order valence-corrected chi connectivity index (χ3v) is 3.49. The highest BCUT2D eigenvalue weighted by Gasteiger charge is 2.11. The Bertz CT molecular complexity index is 790. The first kappa shape index (κ1) is 11.8. The Hall–Kier alpha value is -2.28. The predicted octanol–water partition coefficient (Wildman–Crippen LogP) is 1.03. The van der Waals surface area contributed by atoms with Crippen LogP contribution < -0.4 is 11.3 Å². The molecule has 0 aliphatic carbocycles. The van der Waals surface area contributed by atoms with Crippen LogP contribution in [0, 0.1) is 6.92 Å². The number of aryl methyl sites for hydroxylation is 1. The average molecular weight is 273 g/mol. The lowest BCUT2D eigenvalue weighted by atomic mass is 10.1. The number of hydrogen-bond donors (Lipinski definition) is 1. The summed E-state index contributed by atoms with van der Waals surface area (Å²) >= 11 is 1.14. The summed E-state index contributed by atoms with van der Waals surface area (Å²) in [5, 5.41) is 12.2. The number of rotatable bonds is 2. The average Bonchev–Trinajstić information content (AvgIpc) is 2.77. The number of hydrogen-bond acceptors (Lipinski definition) is 6. The van der Waals surface area contributed by atoms with Crippen molar-refractivity contribution in [3.05, 3.63) is 51.4 Å². The second-order valence-corrected chi connectivity index (χ2v) is 5.24. The molecular formula is C12H11N5OS. The summed E-state index contributed by atoms with van der Waals surface area (Å²) in [4.78, 5) is 12.6. The van der Waals surface area contributed by atoms with Crippen molar-refractivity contribution in [1.82, 2.24) is 19.8 Å². The van der Waals surface area contributed by atoms with Crippen LogP contribution in [-0.2, 0) is 6.42 Å². The van der Waals surface area contributed by atoms with E-state index in [1.165, 1.54) is 10.1 Å². The summed E-state index contributed by atoms with van der Waals surface area (Å²) in [5.41, 5.74) is 7.85. The van der Waals surface area contributed by atoms with E-state index in [0.29, 0.717) is 22.2 Å². The Kier molecular flexibility index (Phi) is 2.75. The van der Waals surface area contributed by atoms with Crippen LogP contribution in [0.3, 0.4) is 0 Å². The normalized spacial score (nSPS) is 11.0. The number of fused-ring (bicyclic) bond motifs is 1. The largest absolute Gasteiger partial charge is 0.374 e. The van der Waals surface area contributed by atoms with E-state index >= 15 is 0 Å². The number of benzene rings is 1. The van der Waals surface area contributed by atoms with Crippen molar-refractivity contribution < 1.29 is 0 Å². The predicted molar refractivity (Wildman–Crippen MR) is 73.3 cm³/mol. The zero-order chi connectivity index (χ0) is 13.4. The second kappa shape index (κ2) is 4.43. The summed E-state index contributed by atoms with van der Waals surface area (Å²) in [6.45, 7) is 2.02. The quantitative estimate of drug-likeness (QED) is 0.753. The zero-order valence-corrected chi connectivity index (χ0v) is 11.0. The molecule has 3 rings (SSSR count). The maximum Gasteiger partial charge on any atom is 0.297 e. The molecule has 0 unspecified atom stereocenters. The minimum atomic E-state index is -0.265. The first-order valence-electron chi connectivity index (χ1n) is 5.70. The van der Waals surface area contributed by atoms with Crippen molar-refractivity contribution in [3.63, 3.8) is 0 Å². The number of nitrogens with zero attached hydrogens (tertiary/aromatic N) is 4. The van der Waals surface area contributed by atoms with Crippen LogP contribution in [0.2, 0.25) is 0 Å². The van der Waals surface area contributed by atoms with E-state index in [1.54, 1.807) is 0 Å². The Morgan fingerprint density at radius 3 is 2.74 bits per heavy atom. The molecule has 6 nitrogen and oxygen atoms in total. The molecule has 0 radical (unpaired) electrons. The number of nitrogen functional groups attached to an aromatic ring is 1. The fraction of sp³-hybridized carbons (Fsp3) is 0.167. The molecular weight excluding hydrogens is 262 g/mol. The van der Waals surface area contributed by atoms with Crippen LogP contribution in [-0.4, -0.2) is 19.8 Å². The molecule has 2 aromatic heterocycles. The molecule has 19 heavy (non-hydrogen) atoms. The molecule has 0 saturated heterocycles. The van der Waals surface area contributed by atoms with Crippen LogP contribution >= 0.6 is 11.3 Å². The van der Waals surface area contributed by atoms with Gasteiger partial charge in [-0.3, -0.25) is 4.79 Å². The summed E-state index contributed by atoms with van der Waals surface area (Å²) in [6.07, 6.45) is 0.437. The molecule has 0 aliphatic rings. The highest BCUT2D eigenvalue weighted by Crippen LogP contribution is 2.12. The summed E-state index contributed by atoms with van der Waals surface area (Å²) in [7, 11) is 0. The maximum atomic E-state index is 12.2. The van der Waals surface area contributed by atoms with Crippen molar-refractivity contribution in [3.8, 4) is 0 Å². The van der Waals surface area contributed by atoms with Gasteiger partial charge in [0.1, 0.15) is 5.69 Å². The summed E-state index contributed by atoms with van der Waals surface area (Å²) < 4.78 is 1.20. The van der Waals surface area contributed by atoms with E-state index in [2.05, 4.69) is 15.3 Å². The molecule has 0 bridgehead atoms. The highest BCUT2D eigenvalue weighted by atomic mass is 32.1. The van der Waals surface area contributed by atoms with Gasteiger partial charge in [0.2, 0.25) is 10.1 Å². The van der Waals surface area contributed by atoms with E-state index in [4.69, 9.17) is 5.73 Å². The molecule has 1 aromatic carbocycles. The molecule has 3 aromatic rings. The number of nitrogens with two attached hydrogens (primary N) is 1. The number of anilines is 1. The molecule has 2 heterocycles. The van der Waals surface area contributed by atoms with Crippen molar-refractivity contribution >= 4 is 21.4 Å². The molecule has 0 spiro atoms. The fourth-order valence-corrected chi connectivity index (χ4v) is 2.37. The van der Waals surface area contributed by atoms with Gasteiger partial charge in [0.25, 0.3) is 5.56 Å². The molecule has 0 fully saturated rings. The molecule has 96 valence electrons. The van der Waals surface area contributed by atoms with E-state index in [0.717, 1.165) is 16.9 Å². The zero-order valence-electron chi connectivity index (χ0n) is 10.2. The van der Waals surface area contributed by atoms with Gasteiger partial charge in [-0.1, -0.05) is 41.2 Å². The highest BCUT2D eigenvalue weighted by molar-refractivity contribution is 7.20. The third kappa shape index (κ3) is 2.19. The molecule has 0 amide bonds. The van der Waals surface area contributed by atoms with Gasteiger partial charge in [-0.2, -0.15) is 4.52 Å². The first-order valence-corrected chi connectivity index (χ1v) is 6.51. The summed E-state index contributed by atoms with van der Waals surface area (Å²) in [6, 6.07) is 7.95. The molecule has 0 saturated carbocycles. The Labute approximate surface area is 112 Å². The van der Waals surface area contributed by atoms with Crippen LogP contribution in [0.5, 0.6) is 0 Å². The Morgan fingerprint density at radius 1 is 1.26 bits per heavy atom. The van der Waals surface area contributed by atoms with E-state index in [1.807, 2.05) is 31.2 Å². The molecule has 0 aliphatic heterocycles. The molecule has 2 N–H and O–H groups in total. The third-order valence-electron chi connectivity index (χ3n) is 2.76. The van der Waals surface area contributed by atoms with Gasteiger partial charge in [0, 0.05) is 6.42 Å². The van der Waals surface area contributed by atoms with Crippen molar-refractivity contribution in [1.29, 1.82) is 0 Å². The lowest BCUT2D eigenvalue weighted by Gasteiger charge is -2.00. The Balaban J connectivity index is 2.03. The number of aromatic nitrogens is 4. The minimum Gasteiger partial charge on any atom is -0.374 e. The summed E-state index contributed by atoms with van der Waals surface area (Å²) in [5.74, 6) is 0. The van der Waals surface area contributed by atoms with E-state index in [9.17, 15) is 4.79 Å². The van der Waals surface area contributed by atoms with Gasteiger partial charge in [0.15, 0.2) is 0 Å². The van der Waals surface area contributed by atoms with Gasteiger partial charge in [-0.05, 0) is 12.5 Å². The van der Waals surface area contributed by atoms with Crippen LogP contribution in [0.25, 0.3) is 4.96 Å². The van der Waals surface area contributed by atoms with E-state index in [-0.39, 0.29) is 5.56 Å². The monoisotopic (exact) mass is 273 g/mol. The standard InChI is InChI=1S/C12H11N5OS/c1-7-2-4-8(5-3-7)6-9-10(18)17-12(15-14-9)19-11(13)16-17/h2-5H,6H2,1H3,(H2,13,16). The van der Waals surface area contributed by atoms with Gasteiger partial charge in [0.05, 0.1) is 0 Å². The van der Waals surface area contributed by atoms with Crippen molar-refractivity contribution in [2.24, 2.45) is 0 Å². The second-order valence-electron chi connectivity index (χ2n) is 4.25. The Morgan fingerprint density at radius 2 is 2.00 bits per heavy atom. The van der Waals surface area contributed by atoms with Gasteiger partial charge < -0.3 is 5.73 Å². The van der Waals surface area contributed by atoms with E-state index < -0.39 is 0 Å². The van der Waals surface area contributed by atoms with Gasteiger partial charge >= 0.3 is 0 Å². The smallest absolute Gasteiger partial charge is 0.297 e. The van der Waals surface area contributed by atoms with Crippen LogP contribution in [0.1, 0.15) is 16.8 Å².